The summed E-state index contributed by atoms with van der Waals surface area (Å²) in [6.45, 7) is 4.11. The van der Waals surface area contributed by atoms with Crippen molar-refractivity contribution in [2.24, 2.45) is 0 Å². The molecular formula is C22H24N4O2. The standard InChI is InChI=1S/C22H24N4O2/c1-2-24-22(27)19-9-11-21(26-16-19)28-20-10-8-18(15-25-20)14-23-13-12-17-6-4-3-5-7-17/h3-11,15-16,23H,2,12-14H2,1H3,(H,24,27). The van der Waals surface area contributed by atoms with E-state index < -0.39 is 0 Å². The summed E-state index contributed by atoms with van der Waals surface area (Å²) >= 11 is 0. The minimum absolute atomic E-state index is 0.149. The molecule has 2 aromatic heterocycles. The van der Waals surface area contributed by atoms with Crippen LogP contribution in [0.1, 0.15) is 28.4 Å². The molecule has 144 valence electrons. The van der Waals surface area contributed by atoms with Gasteiger partial charge in [0.15, 0.2) is 0 Å². The fourth-order valence-corrected chi connectivity index (χ4v) is 2.63. The van der Waals surface area contributed by atoms with Crippen LogP contribution in [-0.2, 0) is 13.0 Å². The second-order valence-corrected chi connectivity index (χ2v) is 6.26. The zero-order valence-corrected chi connectivity index (χ0v) is 15.9. The molecule has 28 heavy (non-hydrogen) atoms. The first kappa shape index (κ1) is 19.5. The van der Waals surface area contributed by atoms with Gasteiger partial charge in [-0.15, -0.1) is 0 Å². The monoisotopic (exact) mass is 376 g/mol. The lowest BCUT2D eigenvalue weighted by molar-refractivity contribution is 0.0955. The lowest BCUT2D eigenvalue weighted by Crippen LogP contribution is -2.22. The SMILES string of the molecule is CCNC(=O)c1ccc(Oc2ccc(CNCCc3ccccc3)cn2)nc1. The summed E-state index contributed by atoms with van der Waals surface area (Å²) in [7, 11) is 0. The molecule has 3 aromatic rings. The second-order valence-electron chi connectivity index (χ2n) is 6.26. The number of carbonyl (C=O) groups excluding carboxylic acids is 1. The number of aromatic nitrogens is 2. The van der Waals surface area contributed by atoms with E-state index in [1.165, 1.54) is 11.8 Å². The average Bonchev–Trinajstić information content (AvgIpc) is 2.74. The van der Waals surface area contributed by atoms with Crippen LogP contribution in [0.2, 0.25) is 0 Å². The lowest BCUT2D eigenvalue weighted by Gasteiger charge is -2.07. The summed E-state index contributed by atoms with van der Waals surface area (Å²) in [5, 5.41) is 6.14. The van der Waals surface area contributed by atoms with Crippen LogP contribution in [0, 0.1) is 0 Å². The molecule has 0 spiro atoms. The Morgan fingerprint density at radius 2 is 1.68 bits per heavy atom. The van der Waals surface area contributed by atoms with E-state index in [4.69, 9.17) is 4.74 Å². The van der Waals surface area contributed by atoms with Crippen LogP contribution in [0.15, 0.2) is 67.0 Å². The highest BCUT2D eigenvalue weighted by atomic mass is 16.5. The van der Waals surface area contributed by atoms with Crippen LogP contribution >= 0.6 is 0 Å². The van der Waals surface area contributed by atoms with Gasteiger partial charge >= 0.3 is 0 Å². The van der Waals surface area contributed by atoms with Gasteiger partial charge in [0, 0.05) is 37.6 Å². The largest absolute Gasteiger partial charge is 0.421 e. The summed E-state index contributed by atoms with van der Waals surface area (Å²) in [4.78, 5) is 20.2. The highest BCUT2D eigenvalue weighted by molar-refractivity contribution is 5.93. The van der Waals surface area contributed by atoms with E-state index in [0.717, 1.165) is 25.1 Å². The van der Waals surface area contributed by atoms with Gasteiger partial charge in [-0.2, -0.15) is 0 Å². The van der Waals surface area contributed by atoms with Crippen molar-refractivity contribution in [2.75, 3.05) is 13.1 Å². The van der Waals surface area contributed by atoms with Crippen LogP contribution < -0.4 is 15.4 Å². The van der Waals surface area contributed by atoms with E-state index >= 15 is 0 Å². The number of hydrogen-bond donors (Lipinski definition) is 2. The van der Waals surface area contributed by atoms with Crippen molar-refractivity contribution in [1.82, 2.24) is 20.6 Å². The van der Waals surface area contributed by atoms with Gasteiger partial charge in [0.05, 0.1) is 5.56 Å². The summed E-state index contributed by atoms with van der Waals surface area (Å²) in [6.07, 6.45) is 4.27. The molecule has 0 aliphatic heterocycles. The third kappa shape index (κ3) is 5.89. The Balaban J connectivity index is 1.45. The van der Waals surface area contributed by atoms with Crippen molar-refractivity contribution in [2.45, 2.75) is 19.9 Å². The molecule has 0 fully saturated rings. The number of carbonyl (C=O) groups is 1. The Bertz CT molecular complexity index is 865. The van der Waals surface area contributed by atoms with E-state index in [9.17, 15) is 4.79 Å². The van der Waals surface area contributed by atoms with Gasteiger partial charge in [-0.1, -0.05) is 36.4 Å². The molecule has 3 rings (SSSR count). The molecule has 2 N–H and O–H groups in total. The number of ether oxygens (including phenoxy) is 1. The highest BCUT2D eigenvalue weighted by Crippen LogP contribution is 2.17. The molecule has 1 amide bonds. The number of pyridine rings is 2. The summed E-state index contributed by atoms with van der Waals surface area (Å²) < 4.78 is 5.64. The zero-order valence-electron chi connectivity index (χ0n) is 15.9. The summed E-state index contributed by atoms with van der Waals surface area (Å²) in [5.74, 6) is 0.712. The van der Waals surface area contributed by atoms with Crippen molar-refractivity contribution >= 4 is 5.91 Å². The molecule has 6 heteroatoms. The molecule has 0 saturated heterocycles. The first-order valence-corrected chi connectivity index (χ1v) is 9.36. The molecular weight excluding hydrogens is 352 g/mol. The van der Waals surface area contributed by atoms with Crippen LogP contribution in [0.5, 0.6) is 11.8 Å². The Morgan fingerprint density at radius 1 is 0.929 bits per heavy atom. The van der Waals surface area contributed by atoms with Crippen molar-refractivity contribution < 1.29 is 9.53 Å². The molecule has 0 aliphatic carbocycles. The molecule has 1 aromatic carbocycles. The van der Waals surface area contributed by atoms with Crippen molar-refractivity contribution in [1.29, 1.82) is 0 Å². The van der Waals surface area contributed by atoms with Crippen LogP contribution in [-0.4, -0.2) is 29.0 Å². The summed E-state index contributed by atoms with van der Waals surface area (Å²) in [6, 6.07) is 17.5. The van der Waals surface area contributed by atoms with E-state index in [-0.39, 0.29) is 5.91 Å². The molecule has 0 aliphatic rings. The molecule has 0 saturated carbocycles. The van der Waals surface area contributed by atoms with Crippen molar-refractivity contribution in [3.05, 3.63) is 83.7 Å². The van der Waals surface area contributed by atoms with E-state index in [1.54, 1.807) is 18.3 Å². The van der Waals surface area contributed by atoms with E-state index in [1.807, 2.05) is 25.1 Å². The lowest BCUT2D eigenvalue weighted by atomic mass is 10.1. The number of amides is 1. The Kier molecular flexibility index (Phi) is 7.09. The third-order valence-corrected chi connectivity index (χ3v) is 4.11. The maximum Gasteiger partial charge on any atom is 0.252 e. The van der Waals surface area contributed by atoms with Crippen LogP contribution in [0.25, 0.3) is 0 Å². The predicted octanol–water partition coefficient (Wildman–Crippen LogP) is 3.35. The fourth-order valence-electron chi connectivity index (χ4n) is 2.63. The molecule has 2 heterocycles. The smallest absolute Gasteiger partial charge is 0.252 e. The number of hydrogen-bond acceptors (Lipinski definition) is 5. The normalized spacial score (nSPS) is 10.5. The minimum atomic E-state index is -0.149. The zero-order chi connectivity index (χ0) is 19.6. The number of benzene rings is 1. The van der Waals surface area contributed by atoms with E-state index in [2.05, 4.69) is 44.9 Å². The minimum Gasteiger partial charge on any atom is -0.421 e. The molecule has 6 nitrogen and oxygen atoms in total. The Morgan fingerprint density at radius 3 is 2.32 bits per heavy atom. The Hall–Kier alpha value is -3.25. The van der Waals surface area contributed by atoms with Gasteiger partial charge in [-0.05, 0) is 37.1 Å². The average molecular weight is 376 g/mol. The first-order valence-electron chi connectivity index (χ1n) is 9.36. The van der Waals surface area contributed by atoms with Gasteiger partial charge in [-0.25, -0.2) is 9.97 Å². The molecule has 0 unspecified atom stereocenters. The second kappa shape index (κ2) is 10.2. The van der Waals surface area contributed by atoms with Gasteiger partial charge in [0.2, 0.25) is 11.8 Å². The van der Waals surface area contributed by atoms with Crippen molar-refractivity contribution in [3.63, 3.8) is 0 Å². The van der Waals surface area contributed by atoms with Gasteiger partial charge < -0.3 is 15.4 Å². The van der Waals surface area contributed by atoms with Crippen LogP contribution in [0.3, 0.4) is 0 Å². The van der Waals surface area contributed by atoms with Gasteiger partial charge in [-0.3, -0.25) is 4.79 Å². The number of nitrogens with one attached hydrogen (secondary N) is 2. The molecule has 0 atom stereocenters. The molecule has 0 bridgehead atoms. The van der Waals surface area contributed by atoms with Gasteiger partial charge in [0.1, 0.15) is 0 Å². The fraction of sp³-hybridized carbons (Fsp3) is 0.227. The van der Waals surface area contributed by atoms with Crippen LogP contribution in [0.4, 0.5) is 0 Å². The van der Waals surface area contributed by atoms with E-state index in [0.29, 0.717) is 23.9 Å². The Labute approximate surface area is 165 Å². The predicted molar refractivity (Wildman–Crippen MR) is 108 cm³/mol. The van der Waals surface area contributed by atoms with Gasteiger partial charge in [0.25, 0.3) is 5.91 Å². The van der Waals surface area contributed by atoms with Crippen molar-refractivity contribution in [3.8, 4) is 11.8 Å². The molecule has 0 radical (unpaired) electrons. The quantitative estimate of drug-likeness (QED) is 0.560. The topological polar surface area (TPSA) is 76.1 Å². The summed E-state index contributed by atoms with van der Waals surface area (Å²) in [5.41, 5.74) is 2.90. The maximum absolute atomic E-state index is 11.7. The maximum atomic E-state index is 11.7. The highest BCUT2D eigenvalue weighted by Gasteiger charge is 2.06. The number of nitrogens with zero attached hydrogens (tertiary/aromatic N) is 2. The first-order chi connectivity index (χ1) is 13.7. The third-order valence-electron chi connectivity index (χ3n) is 4.11. The number of rotatable bonds is 9.